The first-order chi connectivity index (χ1) is 30.0. The Balaban J connectivity index is 4.52. The summed E-state index contributed by atoms with van der Waals surface area (Å²) in [6, 6.07) is 0. The van der Waals surface area contributed by atoms with Crippen molar-refractivity contribution >= 4 is 17.9 Å². The Morgan fingerprint density at radius 1 is 0.344 bits per heavy atom. The first-order valence-corrected chi connectivity index (χ1v) is 24.7. The zero-order valence-corrected chi connectivity index (χ0v) is 39.4. The maximum absolute atomic E-state index is 12.8. The lowest BCUT2D eigenvalue weighted by Gasteiger charge is -2.18. The van der Waals surface area contributed by atoms with Crippen molar-refractivity contribution in [1.29, 1.82) is 0 Å². The molecule has 0 heterocycles. The summed E-state index contributed by atoms with van der Waals surface area (Å²) in [7, 11) is 0. The number of hydrogen-bond acceptors (Lipinski definition) is 6. The summed E-state index contributed by atoms with van der Waals surface area (Å²) in [6.45, 7) is 6.37. The largest absolute Gasteiger partial charge is 0.462 e. The molecule has 0 amide bonds. The third-order valence-corrected chi connectivity index (χ3v) is 10.0. The van der Waals surface area contributed by atoms with Crippen molar-refractivity contribution in [2.24, 2.45) is 0 Å². The molecule has 0 bridgehead atoms. The molecule has 346 valence electrons. The molecule has 6 nitrogen and oxygen atoms in total. The van der Waals surface area contributed by atoms with Crippen LogP contribution in [0.5, 0.6) is 0 Å². The van der Waals surface area contributed by atoms with Crippen molar-refractivity contribution in [2.45, 2.75) is 219 Å². The number of carbonyl (C=O) groups excluding carboxylic acids is 3. The van der Waals surface area contributed by atoms with Gasteiger partial charge < -0.3 is 14.2 Å². The summed E-state index contributed by atoms with van der Waals surface area (Å²) in [5.74, 6) is -1.02. The molecule has 0 aromatic heterocycles. The highest BCUT2D eigenvalue weighted by molar-refractivity contribution is 5.71. The van der Waals surface area contributed by atoms with E-state index in [2.05, 4.69) is 118 Å². The van der Waals surface area contributed by atoms with Crippen molar-refractivity contribution in [3.8, 4) is 0 Å². The second kappa shape index (κ2) is 49.0. The molecule has 0 aliphatic heterocycles. The van der Waals surface area contributed by atoms with Crippen LogP contribution in [0.4, 0.5) is 0 Å². The van der Waals surface area contributed by atoms with Crippen molar-refractivity contribution in [3.63, 3.8) is 0 Å². The highest BCUT2D eigenvalue weighted by atomic mass is 16.6. The van der Waals surface area contributed by atoms with Gasteiger partial charge in [0.25, 0.3) is 0 Å². The Bertz CT molecular complexity index is 1250. The first-order valence-electron chi connectivity index (χ1n) is 24.7. The topological polar surface area (TPSA) is 78.9 Å². The van der Waals surface area contributed by atoms with Crippen molar-refractivity contribution in [1.82, 2.24) is 0 Å². The number of allylic oxidation sites excluding steroid dienone is 16. The van der Waals surface area contributed by atoms with Gasteiger partial charge in [0.1, 0.15) is 13.2 Å². The summed E-state index contributed by atoms with van der Waals surface area (Å²) in [5, 5.41) is 0. The van der Waals surface area contributed by atoms with Crippen LogP contribution >= 0.6 is 0 Å². The maximum atomic E-state index is 12.8. The number of rotatable bonds is 43. The van der Waals surface area contributed by atoms with Gasteiger partial charge >= 0.3 is 17.9 Å². The molecule has 6 heteroatoms. The molecule has 0 rings (SSSR count). The minimum atomic E-state index is -0.818. The highest BCUT2D eigenvalue weighted by Crippen LogP contribution is 2.11. The predicted octanol–water partition coefficient (Wildman–Crippen LogP) is 16.2. The fourth-order valence-corrected chi connectivity index (χ4v) is 6.31. The molecule has 0 aliphatic rings. The lowest BCUT2D eigenvalue weighted by Crippen LogP contribution is -2.30. The van der Waals surface area contributed by atoms with E-state index in [9.17, 15) is 14.4 Å². The molecule has 0 aliphatic carbocycles. The number of ether oxygens (including phenoxy) is 3. The Morgan fingerprint density at radius 3 is 1.15 bits per heavy atom. The fraction of sp³-hybridized carbons (Fsp3) is 0.655. The third-order valence-electron chi connectivity index (χ3n) is 10.0. The van der Waals surface area contributed by atoms with Gasteiger partial charge in [-0.25, -0.2) is 0 Å². The highest BCUT2D eigenvalue weighted by Gasteiger charge is 2.19. The second-order valence-electron chi connectivity index (χ2n) is 16.0. The van der Waals surface area contributed by atoms with E-state index in [4.69, 9.17) is 14.2 Å². The molecule has 0 aromatic rings. The van der Waals surface area contributed by atoms with Crippen LogP contribution < -0.4 is 0 Å². The van der Waals surface area contributed by atoms with Crippen molar-refractivity contribution in [3.05, 3.63) is 97.2 Å². The van der Waals surface area contributed by atoms with E-state index in [1.165, 1.54) is 57.8 Å². The van der Waals surface area contributed by atoms with E-state index in [-0.39, 0.29) is 44.0 Å². The monoisotopic (exact) mass is 847 g/mol. The van der Waals surface area contributed by atoms with Crippen LogP contribution in [0.2, 0.25) is 0 Å². The van der Waals surface area contributed by atoms with Gasteiger partial charge in [0, 0.05) is 19.3 Å². The molecular formula is C55H90O6. The molecule has 0 aromatic carbocycles. The van der Waals surface area contributed by atoms with E-state index in [0.29, 0.717) is 19.3 Å². The van der Waals surface area contributed by atoms with Gasteiger partial charge in [-0.1, -0.05) is 182 Å². The summed E-state index contributed by atoms with van der Waals surface area (Å²) >= 11 is 0. The van der Waals surface area contributed by atoms with Crippen molar-refractivity contribution < 1.29 is 28.6 Å². The van der Waals surface area contributed by atoms with E-state index in [1.54, 1.807) is 0 Å². The summed E-state index contributed by atoms with van der Waals surface area (Å²) in [6.07, 6.45) is 64.0. The fourth-order valence-electron chi connectivity index (χ4n) is 6.31. The molecule has 0 fully saturated rings. The van der Waals surface area contributed by atoms with Crippen LogP contribution in [0.3, 0.4) is 0 Å². The molecule has 0 spiro atoms. The predicted molar refractivity (Wildman–Crippen MR) is 260 cm³/mol. The number of esters is 3. The zero-order valence-electron chi connectivity index (χ0n) is 39.4. The summed E-state index contributed by atoms with van der Waals surface area (Å²) < 4.78 is 16.7. The molecule has 1 atom stereocenters. The van der Waals surface area contributed by atoms with Gasteiger partial charge in [-0.15, -0.1) is 0 Å². The molecule has 61 heavy (non-hydrogen) atoms. The van der Waals surface area contributed by atoms with E-state index < -0.39 is 6.10 Å². The SMILES string of the molecule is CC/C=C\C/C=C\C/C=C\C/C=C\CCCCCC(=O)OC(COC(=O)CCC/C=C\C/C=C\C/C=C\CCCCCCCC)COC(=O)CCCCCC/C=C\CCCC. The van der Waals surface area contributed by atoms with Crippen LogP contribution in [0.25, 0.3) is 0 Å². The number of hydrogen-bond donors (Lipinski definition) is 0. The van der Waals surface area contributed by atoms with E-state index >= 15 is 0 Å². The lowest BCUT2D eigenvalue weighted by molar-refractivity contribution is -0.167. The second-order valence-corrected chi connectivity index (χ2v) is 16.0. The molecule has 0 saturated heterocycles. The summed E-state index contributed by atoms with van der Waals surface area (Å²) in [5.41, 5.74) is 0. The van der Waals surface area contributed by atoms with E-state index in [0.717, 1.165) is 103 Å². The van der Waals surface area contributed by atoms with Gasteiger partial charge in [-0.05, 0) is 109 Å². The number of unbranched alkanes of at least 4 members (excludes halogenated alkanes) is 16. The van der Waals surface area contributed by atoms with Crippen LogP contribution in [-0.2, 0) is 28.6 Å². The first kappa shape index (κ1) is 57.3. The smallest absolute Gasteiger partial charge is 0.306 e. The number of carbonyl (C=O) groups is 3. The minimum Gasteiger partial charge on any atom is -0.462 e. The van der Waals surface area contributed by atoms with Crippen LogP contribution in [0.15, 0.2) is 97.2 Å². The molecule has 0 radical (unpaired) electrons. The Kier molecular flexibility index (Phi) is 46.0. The van der Waals surface area contributed by atoms with Crippen LogP contribution in [0, 0.1) is 0 Å². The van der Waals surface area contributed by atoms with Gasteiger partial charge in [0.15, 0.2) is 6.10 Å². The average molecular weight is 847 g/mol. The minimum absolute atomic E-state index is 0.114. The quantitative estimate of drug-likeness (QED) is 0.0263. The summed E-state index contributed by atoms with van der Waals surface area (Å²) in [4.78, 5) is 37.8. The van der Waals surface area contributed by atoms with Crippen LogP contribution in [-0.4, -0.2) is 37.2 Å². The maximum Gasteiger partial charge on any atom is 0.306 e. The molecule has 0 N–H and O–H groups in total. The Morgan fingerprint density at radius 2 is 0.672 bits per heavy atom. The van der Waals surface area contributed by atoms with Gasteiger partial charge in [-0.3, -0.25) is 14.4 Å². The van der Waals surface area contributed by atoms with Gasteiger partial charge in [-0.2, -0.15) is 0 Å². The third kappa shape index (κ3) is 47.2. The van der Waals surface area contributed by atoms with Gasteiger partial charge in [0.05, 0.1) is 0 Å². The molecule has 0 saturated carbocycles. The standard InChI is InChI=1S/C55H90O6/c1-4-7-10-13-16-19-22-24-26-28-30-31-33-36-39-42-45-48-54(57)60-51-52(50-59-53(56)47-44-41-38-35-21-18-15-12-9-6-3)61-55(58)49-46-43-40-37-34-32-29-27-25-23-20-17-14-11-8-5-2/h8,11,15,17-18,20,24-27,30-32,34,36,39,52H,4-7,9-10,12-14,16,19,21-23,28-29,33,35,37-38,40-51H2,1-3H3/b11-8-,18-15-,20-17-,26-24-,27-25-,31-30-,34-32-,39-36-. The van der Waals surface area contributed by atoms with E-state index in [1.807, 2.05) is 0 Å². The molecular weight excluding hydrogens is 757 g/mol. The normalized spacial score (nSPS) is 12.9. The van der Waals surface area contributed by atoms with Gasteiger partial charge in [0.2, 0.25) is 0 Å². The Hall–Kier alpha value is -3.67. The van der Waals surface area contributed by atoms with Crippen LogP contribution in [0.1, 0.15) is 213 Å². The zero-order chi connectivity index (χ0) is 44.4. The van der Waals surface area contributed by atoms with Crippen molar-refractivity contribution in [2.75, 3.05) is 13.2 Å². The Labute approximate surface area is 375 Å². The average Bonchev–Trinajstić information content (AvgIpc) is 3.26. The molecule has 1 unspecified atom stereocenters. The lowest BCUT2D eigenvalue weighted by atomic mass is 10.1.